The second-order valence-corrected chi connectivity index (χ2v) is 0. The van der Waals surface area contributed by atoms with Gasteiger partial charge in [0, 0.05) is 17.1 Å². The molecule has 0 fully saturated rings. The van der Waals surface area contributed by atoms with E-state index in [1.807, 2.05) is 0 Å². The van der Waals surface area contributed by atoms with Gasteiger partial charge in [-0.25, -0.2) is 0 Å². The van der Waals surface area contributed by atoms with E-state index in [2.05, 4.69) is 0 Å². The Hall–Kier alpha value is 2.97. The van der Waals surface area contributed by atoms with Crippen LogP contribution in [-0.2, 0) is 17.1 Å². The molecule has 0 unspecified atom stereocenters. The zero-order chi connectivity index (χ0) is 0. The summed E-state index contributed by atoms with van der Waals surface area (Å²) in [5, 5.41) is 0. The van der Waals surface area contributed by atoms with Gasteiger partial charge in [0.15, 0.2) is 0 Å². The van der Waals surface area contributed by atoms with Crippen LogP contribution in [0.15, 0.2) is 0 Å². The van der Waals surface area contributed by atoms with Crippen LogP contribution in [0.3, 0.4) is 0 Å². The molecule has 0 rings (SSSR count). The van der Waals surface area contributed by atoms with Crippen LogP contribution in [0.25, 0.3) is 0 Å². The van der Waals surface area contributed by atoms with Crippen LogP contribution in [0.1, 0.15) is 0 Å². The topological polar surface area (TPSA) is 0 Å². The van der Waals surface area contributed by atoms with E-state index >= 15 is 0 Å². The third-order valence-corrected chi connectivity index (χ3v) is 0. The molecule has 0 bridgehead atoms. The molecule has 0 nitrogen and oxygen atoms in total. The third kappa shape index (κ3) is 8.88. The molecule has 4 heavy (non-hydrogen) atoms. The SMILES string of the molecule is [BiH3].[MgH2].[Mn].[SnH2]. The summed E-state index contributed by atoms with van der Waals surface area (Å²) in [4.78, 5) is 0. The summed E-state index contributed by atoms with van der Waals surface area (Å²) in [5.74, 6) is 0. The van der Waals surface area contributed by atoms with Crippen LogP contribution in [0, 0.1) is 0 Å². The fourth-order valence-electron chi connectivity index (χ4n) is 0. The molecule has 0 aliphatic rings. The summed E-state index contributed by atoms with van der Waals surface area (Å²) >= 11 is 0. The Morgan fingerprint density at radius 1 is 1.00 bits per heavy atom. The molecule has 0 spiro atoms. The average Bonchev–Trinajstić information content (AvgIpc) is 0. The van der Waals surface area contributed by atoms with E-state index < -0.39 is 0 Å². The molecule has 0 aromatic heterocycles. The van der Waals surface area contributed by atoms with Gasteiger partial charge in [0.2, 0.25) is 0 Å². The quantitative estimate of drug-likeness (QED) is 0.371. The summed E-state index contributed by atoms with van der Waals surface area (Å²) in [7, 11) is 0. The van der Waals surface area contributed by atoms with Gasteiger partial charge in [-0.3, -0.25) is 0 Å². The average molecular weight is 414 g/mol. The first kappa shape index (κ1) is 28.2. The van der Waals surface area contributed by atoms with Crippen molar-refractivity contribution in [2.24, 2.45) is 0 Å². The zero-order valence-electron chi connectivity index (χ0n) is 1.79. The van der Waals surface area contributed by atoms with E-state index in [9.17, 15) is 0 Å². The van der Waals surface area contributed by atoms with Crippen LogP contribution < -0.4 is 0 Å². The van der Waals surface area contributed by atoms with E-state index in [1.54, 1.807) is 0 Å². The molecule has 0 aromatic rings. The molecule has 0 amide bonds. The van der Waals surface area contributed by atoms with Crippen molar-refractivity contribution in [2.75, 3.05) is 0 Å². The van der Waals surface area contributed by atoms with Crippen molar-refractivity contribution < 1.29 is 17.1 Å². The van der Waals surface area contributed by atoms with E-state index in [1.165, 1.54) is 0 Å². The van der Waals surface area contributed by atoms with Crippen LogP contribution in [-0.4, -0.2) is 73.2 Å². The minimum atomic E-state index is 0. The first-order chi connectivity index (χ1) is 0. The Balaban J connectivity index is 0. The van der Waals surface area contributed by atoms with Crippen molar-refractivity contribution in [1.29, 1.82) is 0 Å². The van der Waals surface area contributed by atoms with E-state index in [0.29, 0.717) is 0 Å². The Morgan fingerprint density at radius 2 is 1.00 bits per heavy atom. The van der Waals surface area contributed by atoms with Crippen molar-refractivity contribution >= 4 is 73.2 Å². The molecule has 0 saturated heterocycles. The number of rotatable bonds is 0. The monoisotopic (exact) mass is 415 g/mol. The van der Waals surface area contributed by atoms with Gasteiger partial charge in [-0.15, -0.1) is 0 Å². The molecule has 0 aliphatic heterocycles. The molecule has 3 radical (unpaired) electrons. The first-order valence-electron chi connectivity index (χ1n) is 0. The van der Waals surface area contributed by atoms with Crippen LogP contribution >= 0.6 is 0 Å². The molecule has 0 N–H and O–H groups in total. The predicted molar refractivity (Wildman–Crippen MR) is 27.0 cm³/mol. The van der Waals surface area contributed by atoms with E-state index in [-0.39, 0.29) is 90.2 Å². The van der Waals surface area contributed by atoms with Gasteiger partial charge < -0.3 is 0 Å². The van der Waals surface area contributed by atoms with Crippen molar-refractivity contribution in [3.8, 4) is 0 Å². The summed E-state index contributed by atoms with van der Waals surface area (Å²) in [6.07, 6.45) is 0. The number of hydrogen-bond donors (Lipinski definition) is 0. The van der Waals surface area contributed by atoms with Crippen molar-refractivity contribution in [3.63, 3.8) is 0 Å². The first-order valence-corrected chi connectivity index (χ1v) is 0. The second kappa shape index (κ2) is 16.7. The molecule has 0 atom stereocenters. The summed E-state index contributed by atoms with van der Waals surface area (Å²) in [6, 6.07) is 0. The third-order valence-electron chi connectivity index (χ3n) is 0. The van der Waals surface area contributed by atoms with Gasteiger partial charge in [-0.1, -0.05) is 0 Å². The molecule has 4 heteroatoms. The summed E-state index contributed by atoms with van der Waals surface area (Å²) < 4.78 is 0. The standard InChI is InChI=1S/Bi.Mg.Mn.Sn.7H. The van der Waals surface area contributed by atoms with Crippen molar-refractivity contribution in [2.45, 2.75) is 0 Å². The molecule has 0 aliphatic carbocycles. The summed E-state index contributed by atoms with van der Waals surface area (Å²) in [6.45, 7) is 0. The predicted octanol–water partition coefficient (Wildman–Crippen LogP) is -3.02. The molecule has 25 valence electrons. The maximum atomic E-state index is 0. The van der Waals surface area contributed by atoms with Crippen molar-refractivity contribution in [3.05, 3.63) is 0 Å². The number of hydrogen-bond acceptors (Lipinski definition) is 0. The molecule has 0 heterocycles. The van der Waals surface area contributed by atoms with Gasteiger partial charge in [-0.2, -0.15) is 0 Å². The molecule has 0 aromatic carbocycles. The normalized spacial score (nSPS) is 0. The minimum absolute atomic E-state index is 0. The molecule has 0 saturated carbocycles. The van der Waals surface area contributed by atoms with Crippen LogP contribution in [0.4, 0.5) is 0 Å². The van der Waals surface area contributed by atoms with E-state index in [4.69, 9.17) is 0 Å². The summed E-state index contributed by atoms with van der Waals surface area (Å²) in [5.41, 5.74) is 0. The Labute approximate surface area is 88.6 Å². The van der Waals surface area contributed by atoms with Crippen LogP contribution in [0.2, 0.25) is 0 Å². The van der Waals surface area contributed by atoms with Gasteiger partial charge in [0.1, 0.15) is 0 Å². The van der Waals surface area contributed by atoms with Gasteiger partial charge in [0.05, 0.1) is 0 Å². The molecular formula is H7BiMgMnSn. The molecular weight excluding hydrogens is 407 g/mol. The van der Waals surface area contributed by atoms with Gasteiger partial charge in [0.25, 0.3) is 0 Å². The zero-order valence-corrected chi connectivity index (χ0v) is 12.5. The second-order valence-electron chi connectivity index (χ2n) is 0. The fraction of sp³-hybridized carbons (Fsp3) is 0. The van der Waals surface area contributed by atoms with Gasteiger partial charge >= 0.3 is 73.2 Å². The van der Waals surface area contributed by atoms with Crippen molar-refractivity contribution in [1.82, 2.24) is 0 Å². The Bertz CT molecular complexity index is 8.00. The Kier molecular flexibility index (Phi) is 118. The fourth-order valence-corrected chi connectivity index (χ4v) is 0. The maximum absolute atomic E-state index is 0. The van der Waals surface area contributed by atoms with Crippen LogP contribution in [0.5, 0.6) is 0 Å². The van der Waals surface area contributed by atoms with Gasteiger partial charge in [-0.05, 0) is 0 Å². The van der Waals surface area contributed by atoms with E-state index in [0.717, 1.165) is 0 Å². The Morgan fingerprint density at radius 3 is 1.00 bits per heavy atom.